The Bertz CT molecular complexity index is 611. The third-order valence-corrected chi connectivity index (χ3v) is 2.19. The lowest BCUT2D eigenvalue weighted by molar-refractivity contribution is -0.144. The normalized spacial score (nSPS) is 10.7. The summed E-state index contributed by atoms with van der Waals surface area (Å²) in [6.07, 6.45) is 0.298. The standard InChI is InChI=1S/C11H12N2O4/c1-3-11(15)16-6-8-5-10(14)13-9(12-8)4-7(2)17-13/h4-5H,3,6H2,1-2H3. The summed E-state index contributed by atoms with van der Waals surface area (Å²) in [4.78, 5) is 26.8. The predicted octanol–water partition coefficient (Wildman–Crippen LogP) is 1.05. The highest BCUT2D eigenvalue weighted by Crippen LogP contribution is 2.05. The average molecular weight is 236 g/mol. The van der Waals surface area contributed by atoms with E-state index < -0.39 is 0 Å². The van der Waals surface area contributed by atoms with Gasteiger partial charge in [0.2, 0.25) is 0 Å². The van der Waals surface area contributed by atoms with Crippen molar-refractivity contribution in [2.75, 3.05) is 0 Å². The van der Waals surface area contributed by atoms with Crippen molar-refractivity contribution in [3.63, 3.8) is 0 Å². The van der Waals surface area contributed by atoms with Gasteiger partial charge in [-0.05, 0) is 6.92 Å². The summed E-state index contributed by atoms with van der Waals surface area (Å²) in [7, 11) is 0. The molecule has 2 aromatic heterocycles. The molecule has 2 aromatic rings. The molecule has 0 fully saturated rings. The number of hydrogen-bond acceptors (Lipinski definition) is 5. The molecule has 17 heavy (non-hydrogen) atoms. The number of esters is 1. The molecular weight excluding hydrogens is 224 g/mol. The summed E-state index contributed by atoms with van der Waals surface area (Å²) < 4.78 is 11.1. The van der Waals surface area contributed by atoms with Crippen LogP contribution in [0.15, 0.2) is 21.5 Å². The van der Waals surface area contributed by atoms with Crippen molar-refractivity contribution in [1.82, 2.24) is 9.56 Å². The molecule has 0 N–H and O–H groups in total. The Morgan fingerprint density at radius 1 is 1.53 bits per heavy atom. The monoisotopic (exact) mass is 236 g/mol. The second kappa shape index (κ2) is 4.40. The molecule has 0 aromatic carbocycles. The number of carbonyl (C=O) groups is 1. The summed E-state index contributed by atoms with van der Waals surface area (Å²) in [6.45, 7) is 3.43. The zero-order valence-electron chi connectivity index (χ0n) is 9.60. The SMILES string of the molecule is CCC(=O)OCc1cc(=O)n2oc(C)cc2n1. The lowest BCUT2D eigenvalue weighted by atomic mass is 10.4. The molecule has 0 amide bonds. The van der Waals surface area contributed by atoms with Gasteiger partial charge < -0.3 is 9.26 Å². The van der Waals surface area contributed by atoms with Crippen LogP contribution in [0.25, 0.3) is 5.65 Å². The van der Waals surface area contributed by atoms with Crippen molar-refractivity contribution in [3.8, 4) is 0 Å². The Balaban J connectivity index is 2.30. The number of nitrogens with zero attached hydrogens (tertiary/aromatic N) is 2. The molecule has 0 aliphatic carbocycles. The van der Waals surface area contributed by atoms with E-state index in [1.165, 1.54) is 6.07 Å². The van der Waals surface area contributed by atoms with Crippen LogP contribution >= 0.6 is 0 Å². The van der Waals surface area contributed by atoms with E-state index in [1.807, 2.05) is 0 Å². The van der Waals surface area contributed by atoms with Gasteiger partial charge in [0.15, 0.2) is 5.65 Å². The maximum absolute atomic E-state index is 11.6. The van der Waals surface area contributed by atoms with E-state index in [2.05, 4.69) is 4.98 Å². The molecule has 6 heteroatoms. The van der Waals surface area contributed by atoms with Crippen LogP contribution in [-0.4, -0.2) is 15.5 Å². The van der Waals surface area contributed by atoms with Crippen molar-refractivity contribution < 1.29 is 14.1 Å². The lowest BCUT2D eigenvalue weighted by Gasteiger charge is -2.01. The van der Waals surface area contributed by atoms with Crippen LogP contribution in [0.5, 0.6) is 0 Å². The number of hydrogen-bond donors (Lipinski definition) is 0. The van der Waals surface area contributed by atoms with Gasteiger partial charge >= 0.3 is 5.97 Å². The number of rotatable bonds is 3. The molecule has 2 heterocycles. The van der Waals surface area contributed by atoms with Gasteiger partial charge in [0.25, 0.3) is 5.56 Å². The third kappa shape index (κ3) is 2.35. The van der Waals surface area contributed by atoms with Crippen LogP contribution in [-0.2, 0) is 16.1 Å². The van der Waals surface area contributed by atoms with E-state index in [9.17, 15) is 9.59 Å². The van der Waals surface area contributed by atoms with Gasteiger partial charge in [-0.3, -0.25) is 9.59 Å². The Kier molecular flexibility index (Phi) is 2.95. The van der Waals surface area contributed by atoms with E-state index in [0.29, 0.717) is 23.5 Å². The molecule has 0 unspecified atom stereocenters. The van der Waals surface area contributed by atoms with Crippen LogP contribution in [0, 0.1) is 6.92 Å². The molecule has 0 saturated heterocycles. The van der Waals surface area contributed by atoms with E-state index in [1.54, 1.807) is 19.9 Å². The number of aryl methyl sites for hydroxylation is 1. The Morgan fingerprint density at radius 3 is 3.00 bits per heavy atom. The molecule has 0 bridgehead atoms. The van der Waals surface area contributed by atoms with Crippen LogP contribution in [0.1, 0.15) is 24.8 Å². The lowest BCUT2D eigenvalue weighted by Crippen LogP contribution is -2.14. The largest absolute Gasteiger partial charge is 0.459 e. The second-order valence-electron chi connectivity index (χ2n) is 3.60. The number of ether oxygens (including phenoxy) is 1. The summed E-state index contributed by atoms with van der Waals surface area (Å²) >= 11 is 0. The molecule has 0 atom stereocenters. The minimum absolute atomic E-state index is 0.00262. The topological polar surface area (TPSA) is 73.8 Å². The van der Waals surface area contributed by atoms with Gasteiger partial charge in [-0.25, -0.2) is 4.98 Å². The third-order valence-electron chi connectivity index (χ3n) is 2.19. The first-order chi connectivity index (χ1) is 8.10. The first-order valence-electron chi connectivity index (χ1n) is 5.25. The van der Waals surface area contributed by atoms with Crippen molar-refractivity contribution >= 4 is 11.6 Å². The highest BCUT2D eigenvalue weighted by Gasteiger charge is 2.08. The van der Waals surface area contributed by atoms with Crippen LogP contribution in [0.3, 0.4) is 0 Å². The van der Waals surface area contributed by atoms with E-state index in [0.717, 1.165) is 4.57 Å². The van der Waals surface area contributed by atoms with Crippen molar-refractivity contribution in [1.29, 1.82) is 0 Å². The second-order valence-corrected chi connectivity index (χ2v) is 3.60. The Hall–Kier alpha value is -2.11. The van der Waals surface area contributed by atoms with Crippen LogP contribution < -0.4 is 5.56 Å². The summed E-state index contributed by atoms with van der Waals surface area (Å²) in [5.41, 5.74) is 0.501. The maximum atomic E-state index is 11.6. The number of fused-ring (bicyclic) bond motifs is 1. The zero-order chi connectivity index (χ0) is 12.4. The molecule has 0 aliphatic rings. The molecule has 0 spiro atoms. The van der Waals surface area contributed by atoms with Gasteiger partial charge in [0, 0.05) is 18.6 Å². The Morgan fingerprint density at radius 2 is 2.29 bits per heavy atom. The van der Waals surface area contributed by atoms with Crippen LogP contribution in [0.2, 0.25) is 0 Å². The smallest absolute Gasteiger partial charge is 0.305 e. The van der Waals surface area contributed by atoms with Gasteiger partial charge in [0.05, 0.1) is 5.69 Å². The molecule has 0 saturated carbocycles. The summed E-state index contributed by atoms with van der Waals surface area (Å²) in [6, 6.07) is 2.94. The minimum atomic E-state index is -0.328. The summed E-state index contributed by atoms with van der Waals surface area (Å²) in [5, 5.41) is 0. The van der Waals surface area contributed by atoms with Crippen LogP contribution in [0.4, 0.5) is 0 Å². The minimum Gasteiger partial charge on any atom is -0.459 e. The first-order valence-corrected chi connectivity index (χ1v) is 5.25. The van der Waals surface area contributed by atoms with E-state index >= 15 is 0 Å². The molecular formula is C11H12N2O4. The fourth-order valence-corrected chi connectivity index (χ4v) is 1.40. The van der Waals surface area contributed by atoms with Gasteiger partial charge in [-0.1, -0.05) is 6.92 Å². The number of carbonyl (C=O) groups excluding carboxylic acids is 1. The van der Waals surface area contributed by atoms with Gasteiger partial charge in [0.1, 0.15) is 12.4 Å². The highest BCUT2D eigenvalue weighted by molar-refractivity contribution is 5.68. The first kappa shape index (κ1) is 11.4. The van der Waals surface area contributed by atoms with Crippen molar-refractivity contribution in [2.45, 2.75) is 26.9 Å². The molecule has 2 rings (SSSR count). The van der Waals surface area contributed by atoms with Crippen molar-refractivity contribution in [3.05, 3.63) is 33.9 Å². The molecule has 0 aliphatic heterocycles. The molecule has 6 nitrogen and oxygen atoms in total. The average Bonchev–Trinajstić information content (AvgIpc) is 2.67. The Labute approximate surface area is 96.8 Å². The maximum Gasteiger partial charge on any atom is 0.305 e. The van der Waals surface area contributed by atoms with E-state index in [4.69, 9.17) is 9.26 Å². The van der Waals surface area contributed by atoms with Gasteiger partial charge in [-0.15, -0.1) is 4.57 Å². The van der Waals surface area contributed by atoms with E-state index in [-0.39, 0.29) is 18.1 Å². The van der Waals surface area contributed by atoms with Gasteiger partial charge in [-0.2, -0.15) is 0 Å². The zero-order valence-corrected chi connectivity index (χ0v) is 9.60. The molecule has 0 radical (unpaired) electrons. The highest BCUT2D eigenvalue weighted by atomic mass is 16.5. The fraction of sp³-hybridized carbons (Fsp3) is 0.364. The quantitative estimate of drug-likeness (QED) is 0.744. The van der Waals surface area contributed by atoms with Crippen molar-refractivity contribution in [2.24, 2.45) is 0 Å². The number of aromatic nitrogens is 2. The predicted molar refractivity (Wildman–Crippen MR) is 58.6 cm³/mol. The fourth-order valence-electron chi connectivity index (χ4n) is 1.40. The molecule has 90 valence electrons. The summed E-state index contributed by atoms with van der Waals surface area (Å²) in [5.74, 6) is 0.271.